The first-order valence-corrected chi connectivity index (χ1v) is 12.5. The Hall–Kier alpha value is -3.83. The molecule has 4 rings (SSSR count). The Bertz CT molecular complexity index is 1290. The van der Waals surface area contributed by atoms with Crippen LogP contribution in [-0.2, 0) is 6.54 Å². The van der Waals surface area contributed by atoms with Gasteiger partial charge in [0.05, 0.1) is 18.0 Å². The van der Waals surface area contributed by atoms with Crippen LogP contribution < -0.4 is 10.2 Å². The van der Waals surface area contributed by atoms with E-state index in [-0.39, 0.29) is 5.76 Å². The van der Waals surface area contributed by atoms with Crippen molar-refractivity contribution in [3.05, 3.63) is 119 Å². The molecule has 0 fully saturated rings. The SMILES string of the molecule is C=C(O)CCNC(=C)c1ccc(CN(c2ccc(C)cc2)c2nc(-c3ccccc3)c(C)s2)cc1. The summed E-state index contributed by atoms with van der Waals surface area (Å²) in [5, 5.41) is 13.5. The van der Waals surface area contributed by atoms with E-state index >= 15 is 0 Å². The van der Waals surface area contributed by atoms with Crippen molar-refractivity contribution in [2.45, 2.75) is 26.8 Å². The predicted octanol–water partition coefficient (Wildman–Crippen LogP) is 7.79. The Morgan fingerprint density at radius 1 is 0.943 bits per heavy atom. The smallest absolute Gasteiger partial charge is 0.190 e. The normalized spacial score (nSPS) is 10.7. The summed E-state index contributed by atoms with van der Waals surface area (Å²) < 4.78 is 0. The van der Waals surface area contributed by atoms with Crippen LogP contribution >= 0.6 is 11.3 Å². The average Bonchev–Trinajstić information content (AvgIpc) is 3.25. The lowest BCUT2D eigenvalue weighted by Crippen LogP contribution is -2.16. The van der Waals surface area contributed by atoms with Gasteiger partial charge in [-0.05, 0) is 37.1 Å². The highest BCUT2D eigenvalue weighted by Gasteiger charge is 2.18. The summed E-state index contributed by atoms with van der Waals surface area (Å²) in [4.78, 5) is 8.54. The van der Waals surface area contributed by atoms with Gasteiger partial charge in [-0.1, -0.05) is 85.5 Å². The molecular formula is C30H31N3OS. The van der Waals surface area contributed by atoms with Gasteiger partial charge in [0, 0.05) is 34.8 Å². The summed E-state index contributed by atoms with van der Waals surface area (Å²) in [6.07, 6.45) is 0.501. The molecular weight excluding hydrogens is 450 g/mol. The molecule has 0 aliphatic heterocycles. The maximum Gasteiger partial charge on any atom is 0.190 e. The molecule has 0 radical (unpaired) electrons. The lowest BCUT2D eigenvalue weighted by Gasteiger charge is -2.23. The van der Waals surface area contributed by atoms with Crippen molar-refractivity contribution >= 4 is 27.9 Å². The molecule has 1 aromatic heterocycles. The number of hydrogen-bond acceptors (Lipinski definition) is 5. The summed E-state index contributed by atoms with van der Waals surface area (Å²) >= 11 is 1.72. The first kappa shape index (κ1) is 24.3. The van der Waals surface area contributed by atoms with Crippen LogP contribution in [0.15, 0.2) is 97.8 Å². The third-order valence-electron chi connectivity index (χ3n) is 5.80. The van der Waals surface area contributed by atoms with Crippen LogP contribution in [0.25, 0.3) is 17.0 Å². The van der Waals surface area contributed by atoms with E-state index in [1.807, 2.05) is 6.07 Å². The highest BCUT2D eigenvalue weighted by Crippen LogP contribution is 2.37. The van der Waals surface area contributed by atoms with E-state index in [1.165, 1.54) is 16.0 Å². The summed E-state index contributed by atoms with van der Waals surface area (Å²) in [6.45, 7) is 13.2. The van der Waals surface area contributed by atoms with Crippen LogP contribution in [0.5, 0.6) is 0 Å². The summed E-state index contributed by atoms with van der Waals surface area (Å²) in [6, 6.07) is 27.4. The van der Waals surface area contributed by atoms with E-state index in [1.54, 1.807) is 11.3 Å². The number of nitrogens with zero attached hydrogens (tertiary/aromatic N) is 2. The number of anilines is 2. The van der Waals surface area contributed by atoms with Crippen molar-refractivity contribution in [2.24, 2.45) is 0 Å². The second-order valence-electron chi connectivity index (χ2n) is 8.61. The number of aliphatic hydroxyl groups is 1. The molecule has 0 unspecified atom stereocenters. The van der Waals surface area contributed by atoms with E-state index in [9.17, 15) is 5.11 Å². The van der Waals surface area contributed by atoms with Gasteiger partial charge in [-0.15, -0.1) is 11.3 Å². The number of nitrogens with one attached hydrogen (secondary N) is 1. The lowest BCUT2D eigenvalue weighted by atomic mass is 10.1. The minimum atomic E-state index is 0.171. The molecule has 0 aliphatic carbocycles. The highest BCUT2D eigenvalue weighted by molar-refractivity contribution is 7.16. The van der Waals surface area contributed by atoms with Crippen molar-refractivity contribution in [3.8, 4) is 11.3 Å². The topological polar surface area (TPSA) is 48.4 Å². The van der Waals surface area contributed by atoms with Crippen LogP contribution in [0.3, 0.4) is 0 Å². The van der Waals surface area contributed by atoms with E-state index in [4.69, 9.17) is 4.98 Å². The Kier molecular flexibility index (Phi) is 7.68. The molecule has 3 aromatic carbocycles. The second kappa shape index (κ2) is 11.1. The van der Waals surface area contributed by atoms with Crippen LogP contribution in [0.1, 0.15) is 28.0 Å². The van der Waals surface area contributed by atoms with Crippen LogP contribution in [0.2, 0.25) is 0 Å². The minimum absolute atomic E-state index is 0.171. The molecule has 0 saturated heterocycles. The maximum absolute atomic E-state index is 9.27. The minimum Gasteiger partial charge on any atom is -0.513 e. The molecule has 5 heteroatoms. The molecule has 2 N–H and O–H groups in total. The fourth-order valence-corrected chi connectivity index (χ4v) is 4.76. The summed E-state index contributed by atoms with van der Waals surface area (Å²) in [5.74, 6) is 0.171. The molecule has 4 nitrogen and oxygen atoms in total. The van der Waals surface area contributed by atoms with Crippen LogP contribution in [-0.4, -0.2) is 16.6 Å². The first-order valence-electron chi connectivity index (χ1n) is 11.7. The number of hydrogen-bond donors (Lipinski definition) is 2. The number of aromatic nitrogens is 1. The Balaban J connectivity index is 1.59. The molecule has 1 heterocycles. The molecule has 0 saturated carbocycles. The van der Waals surface area contributed by atoms with E-state index in [0.29, 0.717) is 19.5 Å². The van der Waals surface area contributed by atoms with Crippen LogP contribution in [0, 0.1) is 13.8 Å². The van der Waals surface area contributed by atoms with Gasteiger partial charge in [0.1, 0.15) is 0 Å². The molecule has 0 spiro atoms. The molecule has 178 valence electrons. The fourth-order valence-electron chi connectivity index (χ4n) is 3.81. The molecule has 0 aliphatic rings. The molecule has 0 atom stereocenters. The van der Waals surface area contributed by atoms with Gasteiger partial charge in [-0.3, -0.25) is 0 Å². The van der Waals surface area contributed by atoms with Crippen molar-refractivity contribution in [2.75, 3.05) is 11.4 Å². The maximum atomic E-state index is 9.27. The number of benzene rings is 3. The zero-order chi connectivity index (χ0) is 24.8. The third kappa shape index (κ3) is 6.19. The summed E-state index contributed by atoms with van der Waals surface area (Å²) in [5.41, 5.74) is 7.55. The third-order valence-corrected chi connectivity index (χ3v) is 6.80. The quantitative estimate of drug-likeness (QED) is 0.227. The van der Waals surface area contributed by atoms with Crippen LogP contribution in [0.4, 0.5) is 10.8 Å². The van der Waals surface area contributed by atoms with E-state index in [0.717, 1.165) is 33.3 Å². The summed E-state index contributed by atoms with van der Waals surface area (Å²) in [7, 11) is 0. The zero-order valence-electron chi connectivity index (χ0n) is 20.3. The number of aliphatic hydroxyl groups excluding tert-OH is 1. The standard InChI is InChI=1S/C30H31N3OS/c1-21-10-16-28(17-11-21)33(30-32-29(24(4)35-30)27-8-6-5-7-9-27)20-25-12-14-26(15-13-25)23(3)31-19-18-22(2)34/h5-17,31,34H,2-3,18-20H2,1,4H3. The monoisotopic (exact) mass is 481 g/mol. The van der Waals surface area contributed by atoms with Gasteiger partial charge in [-0.25, -0.2) is 4.98 Å². The molecule has 4 aromatic rings. The Morgan fingerprint density at radius 3 is 2.29 bits per heavy atom. The van der Waals surface area contributed by atoms with Gasteiger partial charge in [0.25, 0.3) is 0 Å². The zero-order valence-corrected chi connectivity index (χ0v) is 21.1. The largest absolute Gasteiger partial charge is 0.513 e. The van der Waals surface area contributed by atoms with Gasteiger partial charge in [-0.2, -0.15) is 0 Å². The molecule has 35 heavy (non-hydrogen) atoms. The van der Waals surface area contributed by atoms with Crippen molar-refractivity contribution in [1.82, 2.24) is 10.3 Å². The highest BCUT2D eigenvalue weighted by atomic mass is 32.1. The molecule has 0 bridgehead atoms. The number of thiazole rings is 1. The van der Waals surface area contributed by atoms with Gasteiger partial charge < -0.3 is 15.3 Å². The fraction of sp³-hybridized carbons (Fsp3) is 0.167. The van der Waals surface area contributed by atoms with Gasteiger partial charge in [0.2, 0.25) is 0 Å². The van der Waals surface area contributed by atoms with Crippen molar-refractivity contribution in [1.29, 1.82) is 0 Å². The Labute approximate surface area is 211 Å². The second-order valence-corrected chi connectivity index (χ2v) is 9.79. The lowest BCUT2D eigenvalue weighted by molar-refractivity contribution is 0.391. The first-order chi connectivity index (χ1) is 16.9. The molecule has 0 amide bonds. The van der Waals surface area contributed by atoms with E-state index in [2.05, 4.69) is 110 Å². The average molecular weight is 482 g/mol. The van der Waals surface area contributed by atoms with Gasteiger partial charge in [0.15, 0.2) is 5.13 Å². The van der Waals surface area contributed by atoms with Crippen molar-refractivity contribution in [3.63, 3.8) is 0 Å². The van der Waals surface area contributed by atoms with E-state index < -0.39 is 0 Å². The predicted molar refractivity (Wildman–Crippen MR) is 149 cm³/mol. The number of aryl methyl sites for hydroxylation is 2. The number of rotatable bonds is 10. The Morgan fingerprint density at radius 2 is 1.63 bits per heavy atom. The van der Waals surface area contributed by atoms with Gasteiger partial charge >= 0.3 is 0 Å². The van der Waals surface area contributed by atoms with Crippen molar-refractivity contribution < 1.29 is 5.11 Å².